The number of hydrogen-bond donors (Lipinski definition) is 3. The maximum absolute atomic E-state index is 9.33. The fourth-order valence-electron chi connectivity index (χ4n) is 2.49. The lowest BCUT2D eigenvalue weighted by molar-refractivity contribution is 0.0936. The van der Waals surface area contributed by atoms with Crippen LogP contribution in [0.5, 0.6) is 17.2 Å². The molecule has 3 rings (SSSR count). The third-order valence-corrected chi connectivity index (χ3v) is 3.77. The lowest BCUT2D eigenvalue weighted by Crippen LogP contribution is -2.45. The number of guanidine groups is 1. The Labute approximate surface area is 147 Å². The first-order valence-corrected chi connectivity index (χ1v) is 8.43. The number of aromatic hydroxyl groups is 1. The highest BCUT2D eigenvalue weighted by atomic mass is 16.6. The topological polar surface area (TPSA) is 75.1 Å². The van der Waals surface area contributed by atoms with Crippen LogP contribution in [0.25, 0.3) is 0 Å². The fourth-order valence-corrected chi connectivity index (χ4v) is 2.49. The van der Waals surface area contributed by atoms with Crippen LogP contribution in [0.2, 0.25) is 0 Å². The van der Waals surface area contributed by atoms with Crippen molar-refractivity contribution in [2.24, 2.45) is 4.99 Å². The van der Waals surface area contributed by atoms with E-state index in [0.717, 1.165) is 29.6 Å². The van der Waals surface area contributed by atoms with E-state index >= 15 is 0 Å². The van der Waals surface area contributed by atoms with E-state index in [0.29, 0.717) is 19.7 Å². The van der Waals surface area contributed by atoms with Gasteiger partial charge in [0.2, 0.25) is 0 Å². The van der Waals surface area contributed by atoms with Gasteiger partial charge in [0.1, 0.15) is 18.5 Å². The van der Waals surface area contributed by atoms with Crippen molar-refractivity contribution in [2.75, 3.05) is 19.7 Å². The quantitative estimate of drug-likeness (QED) is 0.575. The molecule has 2 aromatic carbocycles. The number of phenolic OH excluding ortho intramolecular Hbond substituents is 1. The molecule has 6 nitrogen and oxygen atoms in total. The normalized spacial score (nSPS) is 16.4. The van der Waals surface area contributed by atoms with Gasteiger partial charge in [0, 0.05) is 6.54 Å². The number of hydrogen-bond acceptors (Lipinski definition) is 4. The number of ether oxygens (including phenoxy) is 2. The Morgan fingerprint density at radius 3 is 2.64 bits per heavy atom. The van der Waals surface area contributed by atoms with Crippen LogP contribution in [0.15, 0.2) is 53.5 Å². The molecule has 1 heterocycles. The van der Waals surface area contributed by atoms with Crippen molar-refractivity contribution in [2.45, 2.75) is 19.6 Å². The number of para-hydroxylation sites is 2. The summed E-state index contributed by atoms with van der Waals surface area (Å²) in [6.07, 6.45) is -0.0765. The largest absolute Gasteiger partial charge is 0.508 e. The molecular weight excluding hydrogens is 318 g/mol. The summed E-state index contributed by atoms with van der Waals surface area (Å²) in [5, 5.41) is 15.8. The number of benzene rings is 2. The van der Waals surface area contributed by atoms with E-state index in [2.05, 4.69) is 15.6 Å². The average molecular weight is 341 g/mol. The van der Waals surface area contributed by atoms with Crippen LogP contribution in [0, 0.1) is 0 Å². The Bertz CT molecular complexity index is 716. The molecule has 1 atom stereocenters. The molecular formula is C19H23N3O3. The van der Waals surface area contributed by atoms with Gasteiger partial charge < -0.3 is 25.2 Å². The number of fused-ring (bicyclic) bond motifs is 1. The van der Waals surface area contributed by atoms with E-state index in [4.69, 9.17) is 9.47 Å². The van der Waals surface area contributed by atoms with Crippen molar-refractivity contribution in [3.05, 3.63) is 54.1 Å². The van der Waals surface area contributed by atoms with Crippen molar-refractivity contribution in [1.82, 2.24) is 10.6 Å². The Balaban J connectivity index is 1.55. The number of rotatable bonds is 5. The van der Waals surface area contributed by atoms with Crippen LogP contribution >= 0.6 is 0 Å². The molecule has 1 unspecified atom stereocenters. The molecule has 0 aromatic heterocycles. The second-order valence-electron chi connectivity index (χ2n) is 5.74. The first-order valence-electron chi connectivity index (χ1n) is 8.43. The highest BCUT2D eigenvalue weighted by molar-refractivity contribution is 5.79. The van der Waals surface area contributed by atoms with E-state index in [1.54, 1.807) is 12.1 Å². The van der Waals surface area contributed by atoms with Crippen LogP contribution < -0.4 is 20.1 Å². The fraction of sp³-hybridized carbons (Fsp3) is 0.316. The second-order valence-corrected chi connectivity index (χ2v) is 5.74. The van der Waals surface area contributed by atoms with Gasteiger partial charge in [0.05, 0.1) is 13.1 Å². The molecule has 0 radical (unpaired) electrons. The Morgan fingerprint density at radius 1 is 1.12 bits per heavy atom. The number of phenols is 1. The highest BCUT2D eigenvalue weighted by Gasteiger charge is 2.20. The van der Waals surface area contributed by atoms with Gasteiger partial charge in [-0.05, 0) is 36.8 Å². The maximum atomic E-state index is 9.33. The van der Waals surface area contributed by atoms with Crippen LogP contribution in [-0.2, 0) is 6.54 Å². The van der Waals surface area contributed by atoms with Crippen molar-refractivity contribution in [3.63, 3.8) is 0 Å². The minimum atomic E-state index is -0.0765. The third-order valence-electron chi connectivity index (χ3n) is 3.77. The molecule has 0 amide bonds. The molecule has 0 saturated carbocycles. The number of nitrogens with one attached hydrogen (secondary N) is 2. The summed E-state index contributed by atoms with van der Waals surface area (Å²) in [7, 11) is 0. The Morgan fingerprint density at radius 2 is 1.88 bits per heavy atom. The first kappa shape index (κ1) is 17.0. The van der Waals surface area contributed by atoms with E-state index in [-0.39, 0.29) is 11.9 Å². The second kappa shape index (κ2) is 8.28. The zero-order valence-electron chi connectivity index (χ0n) is 14.2. The van der Waals surface area contributed by atoms with Crippen LogP contribution in [0.1, 0.15) is 12.5 Å². The minimum Gasteiger partial charge on any atom is -0.508 e. The molecule has 0 fully saturated rings. The van der Waals surface area contributed by atoms with Gasteiger partial charge in [0.25, 0.3) is 0 Å². The monoisotopic (exact) mass is 341 g/mol. The Kier molecular flexibility index (Phi) is 5.61. The lowest BCUT2D eigenvalue weighted by atomic mass is 10.2. The number of aliphatic imine (C=N–C) groups is 1. The van der Waals surface area contributed by atoms with Gasteiger partial charge >= 0.3 is 0 Å². The van der Waals surface area contributed by atoms with Crippen LogP contribution in [-0.4, -0.2) is 36.9 Å². The van der Waals surface area contributed by atoms with Crippen molar-refractivity contribution >= 4 is 5.96 Å². The highest BCUT2D eigenvalue weighted by Crippen LogP contribution is 2.30. The zero-order valence-corrected chi connectivity index (χ0v) is 14.2. The summed E-state index contributed by atoms with van der Waals surface area (Å²) in [4.78, 5) is 4.56. The summed E-state index contributed by atoms with van der Waals surface area (Å²) in [5.41, 5.74) is 1.03. The predicted octanol–water partition coefficient (Wildman–Crippen LogP) is 2.29. The summed E-state index contributed by atoms with van der Waals surface area (Å²) in [5.74, 6) is 2.53. The minimum absolute atomic E-state index is 0.0765. The standard InChI is InChI=1S/C19H23N3O3/c1-2-20-19(21-11-14-7-9-15(23)10-8-14)22-12-16-13-24-17-5-3-4-6-18(17)25-16/h3-10,16,23H,2,11-13H2,1H3,(H2,20,21,22). The third kappa shape index (κ3) is 4.79. The van der Waals surface area contributed by atoms with Crippen LogP contribution in [0.3, 0.4) is 0 Å². The van der Waals surface area contributed by atoms with Gasteiger partial charge in [-0.3, -0.25) is 0 Å². The molecule has 1 aliphatic heterocycles. The zero-order chi connectivity index (χ0) is 17.5. The van der Waals surface area contributed by atoms with Crippen molar-refractivity contribution < 1.29 is 14.6 Å². The summed E-state index contributed by atoms with van der Waals surface area (Å²) in [6.45, 7) is 4.41. The number of nitrogens with zero attached hydrogens (tertiary/aromatic N) is 1. The average Bonchev–Trinajstić information content (AvgIpc) is 2.65. The summed E-state index contributed by atoms with van der Waals surface area (Å²) in [6, 6.07) is 14.7. The lowest BCUT2D eigenvalue weighted by Gasteiger charge is -2.27. The van der Waals surface area contributed by atoms with Gasteiger partial charge in [-0.1, -0.05) is 24.3 Å². The van der Waals surface area contributed by atoms with E-state index in [1.807, 2.05) is 43.3 Å². The molecule has 1 aliphatic rings. The van der Waals surface area contributed by atoms with E-state index < -0.39 is 0 Å². The van der Waals surface area contributed by atoms with Crippen molar-refractivity contribution in [1.29, 1.82) is 0 Å². The van der Waals surface area contributed by atoms with Crippen molar-refractivity contribution in [3.8, 4) is 17.2 Å². The molecule has 25 heavy (non-hydrogen) atoms. The summed E-state index contributed by atoms with van der Waals surface area (Å²) >= 11 is 0. The maximum Gasteiger partial charge on any atom is 0.191 e. The van der Waals surface area contributed by atoms with Gasteiger partial charge in [-0.25, -0.2) is 4.99 Å². The molecule has 0 aliphatic carbocycles. The molecule has 132 valence electrons. The molecule has 3 N–H and O–H groups in total. The predicted molar refractivity (Wildman–Crippen MR) is 97.3 cm³/mol. The molecule has 0 bridgehead atoms. The van der Waals surface area contributed by atoms with Crippen LogP contribution in [0.4, 0.5) is 0 Å². The van der Waals surface area contributed by atoms with E-state index in [9.17, 15) is 5.11 Å². The molecule has 0 spiro atoms. The smallest absolute Gasteiger partial charge is 0.191 e. The van der Waals surface area contributed by atoms with Gasteiger partial charge in [0.15, 0.2) is 17.5 Å². The Hall–Kier alpha value is -2.89. The van der Waals surface area contributed by atoms with Gasteiger partial charge in [-0.15, -0.1) is 0 Å². The first-order chi connectivity index (χ1) is 12.2. The molecule has 2 aromatic rings. The van der Waals surface area contributed by atoms with Gasteiger partial charge in [-0.2, -0.15) is 0 Å². The molecule has 0 saturated heterocycles. The van der Waals surface area contributed by atoms with E-state index in [1.165, 1.54) is 0 Å². The summed E-state index contributed by atoms with van der Waals surface area (Å²) < 4.78 is 11.7. The SMILES string of the molecule is CCNC(=NCc1ccc(O)cc1)NCC1COc2ccccc2O1. The molecule has 6 heteroatoms.